The van der Waals surface area contributed by atoms with Gasteiger partial charge in [-0.2, -0.15) is 48.3 Å². The van der Waals surface area contributed by atoms with Gasteiger partial charge in [-0.05, 0) is 6.92 Å². The van der Waals surface area contributed by atoms with Gasteiger partial charge in [-0.3, -0.25) is 0 Å². The van der Waals surface area contributed by atoms with E-state index in [1.54, 1.807) is 0 Å². The SMILES string of the molecule is [CH2]C(C(F)(F)F)(C(F)(F)F)C(F)(F)C(F)(F)F. The molecule has 0 aromatic carbocycles. The first-order valence-corrected chi connectivity index (χ1v) is 3.43. The maximum absolute atomic E-state index is 12.3. The number of hydrogen-bond donors (Lipinski definition) is 0. The molecule has 0 spiro atoms. The first-order chi connectivity index (χ1) is 7.00. The normalized spacial score (nSPS) is 16.2. The van der Waals surface area contributed by atoms with Crippen LogP contribution in [0.3, 0.4) is 0 Å². The Kier molecular flexibility index (Phi) is 3.45. The predicted molar refractivity (Wildman–Crippen MR) is 30.9 cm³/mol. The Labute approximate surface area is 86.4 Å². The monoisotopic (exact) mass is 283 g/mol. The summed E-state index contributed by atoms with van der Waals surface area (Å²) in [5.41, 5.74) is -6.45. The number of halogens is 11. The summed E-state index contributed by atoms with van der Waals surface area (Å²) in [4.78, 5) is 0. The van der Waals surface area contributed by atoms with Crippen LogP contribution in [0.1, 0.15) is 0 Å². The predicted octanol–water partition coefficient (Wildman–Crippen LogP) is 4.13. The molecular formula is C6H2F11. The summed E-state index contributed by atoms with van der Waals surface area (Å²) >= 11 is 0. The molecule has 103 valence electrons. The fourth-order valence-corrected chi connectivity index (χ4v) is 0.759. The topological polar surface area (TPSA) is 0 Å². The third kappa shape index (κ3) is 2.15. The number of hydrogen-bond acceptors (Lipinski definition) is 0. The highest BCUT2D eigenvalue weighted by molar-refractivity contribution is 5.08. The van der Waals surface area contributed by atoms with E-state index in [4.69, 9.17) is 0 Å². The van der Waals surface area contributed by atoms with E-state index >= 15 is 0 Å². The lowest BCUT2D eigenvalue weighted by atomic mass is 9.81. The summed E-state index contributed by atoms with van der Waals surface area (Å²) in [7, 11) is 0. The van der Waals surface area contributed by atoms with E-state index in [1.165, 1.54) is 0 Å². The van der Waals surface area contributed by atoms with Crippen molar-refractivity contribution in [1.29, 1.82) is 0 Å². The molecule has 0 nitrogen and oxygen atoms in total. The molecule has 0 bridgehead atoms. The Morgan fingerprint density at radius 3 is 0.765 bits per heavy atom. The van der Waals surface area contributed by atoms with Crippen LogP contribution in [0, 0.1) is 12.3 Å². The van der Waals surface area contributed by atoms with E-state index in [1.807, 2.05) is 0 Å². The molecule has 0 heterocycles. The summed E-state index contributed by atoms with van der Waals surface area (Å²) in [6, 6.07) is 0. The molecule has 1 radical (unpaired) electrons. The first-order valence-electron chi connectivity index (χ1n) is 3.43. The van der Waals surface area contributed by atoms with Crippen LogP contribution in [0.2, 0.25) is 0 Å². The zero-order valence-corrected chi connectivity index (χ0v) is 7.36. The highest BCUT2D eigenvalue weighted by atomic mass is 19.4. The van der Waals surface area contributed by atoms with Crippen LogP contribution in [-0.4, -0.2) is 24.5 Å². The molecule has 0 aromatic heterocycles. The van der Waals surface area contributed by atoms with Crippen molar-refractivity contribution in [3.05, 3.63) is 6.92 Å². The molecule has 0 aliphatic carbocycles. The van der Waals surface area contributed by atoms with Gasteiger partial charge in [0.25, 0.3) is 0 Å². The Hall–Kier alpha value is -0.770. The van der Waals surface area contributed by atoms with E-state index in [0.717, 1.165) is 6.92 Å². The van der Waals surface area contributed by atoms with Crippen LogP contribution >= 0.6 is 0 Å². The van der Waals surface area contributed by atoms with E-state index in [2.05, 4.69) is 0 Å². The molecule has 0 aliphatic heterocycles. The van der Waals surface area contributed by atoms with Gasteiger partial charge < -0.3 is 0 Å². The van der Waals surface area contributed by atoms with Crippen molar-refractivity contribution < 1.29 is 48.3 Å². The van der Waals surface area contributed by atoms with Gasteiger partial charge in [0.2, 0.25) is 5.41 Å². The largest absolute Gasteiger partial charge is 0.454 e. The van der Waals surface area contributed by atoms with Gasteiger partial charge in [-0.25, -0.2) is 0 Å². The van der Waals surface area contributed by atoms with Crippen molar-refractivity contribution in [2.75, 3.05) is 0 Å². The Balaban J connectivity index is 6.04. The van der Waals surface area contributed by atoms with Gasteiger partial charge in [-0.15, -0.1) is 0 Å². The number of alkyl halides is 11. The fraction of sp³-hybridized carbons (Fsp3) is 0.833. The average Bonchev–Trinajstić information content (AvgIpc) is 1.95. The molecule has 0 saturated heterocycles. The van der Waals surface area contributed by atoms with Crippen molar-refractivity contribution >= 4 is 0 Å². The molecule has 17 heavy (non-hydrogen) atoms. The second kappa shape index (κ2) is 3.61. The quantitative estimate of drug-likeness (QED) is 0.635. The lowest BCUT2D eigenvalue weighted by Crippen LogP contribution is -2.64. The number of rotatable bonds is 1. The minimum absolute atomic E-state index is 1.03. The van der Waals surface area contributed by atoms with E-state index in [-0.39, 0.29) is 0 Å². The molecule has 0 saturated carbocycles. The highest BCUT2D eigenvalue weighted by Crippen LogP contribution is 2.62. The average molecular weight is 283 g/mol. The third-order valence-electron chi connectivity index (χ3n) is 1.86. The molecule has 0 aromatic rings. The van der Waals surface area contributed by atoms with Crippen LogP contribution in [0.15, 0.2) is 0 Å². The van der Waals surface area contributed by atoms with Gasteiger partial charge in [0.05, 0.1) is 0 Å². The maximum atomic E-state index is 12.3. The summed E-state index contributed by atoms with van der Waals surface area (Å²) < 4.78 is 131. The van der Waals surface area contributed by atoms with Crippen molar-refractivity contribution in [1.82, 2.24) is 0 Å². The van der Waals surface area contributed by atoms with Gasteiger partial charge in [0.1, 0.15) is 0 Å². The molecule has 0 N–H and O–H groups in total. The van der Waals surface area contributed by atoms with E-state index in [9.17, 15) is 48.3 Å². The minimum atomic E-state index is -7.10. The zero-order valence-electron chi connectivity index (χ0n) is 7.36. The van der Waals surface area contributed by atoms with Crippen molar-refractivity contribution in [2.45, 2.75) is 24.5 Å². The van der Waals surface area contributed by atoms with Crippen LogP contribution in [-0.2, 0) is 0 Å². The minimum Gasteiger partial charge on any atom is -0.195 e. The van der Waals surface area contributed by atoms with Crippen molar-refractivity contribution in [3.63, 3.8) is 0 Å². The Morgan fingerprint density at radius 2 is 0.706 bits per heavy atom. The Morgan fingerprint density at radius 1 is 0.471 bits per heavy atom. The smallest absolute Gasteiger partial charge is 0.195 e. The maximum Gasteiger partial charge on any atom is 0.454 e. The van der Waals surface area contributed by atoms with Crippen molar-refractivity contribution in [3.8, 4) is 0 Å². The van der Waals surface area contributed by atoms with Crippen molar-refractivity contribution in [2.24, 2.45) is 5.41 Å². The van der Waals surface area contributed by atoms with Crippen LogP contribution in [0.4, 0.5) is 48.3 Å². The Bertz CT molecular complexity index is 262. The molecular weight excluding hydrogens is 281 g/mol. The van der Waals surface area contributed by atoms with Gasteiger partial charge >= 0.3 is 24.5 Å². The summed E-state index contributed by atoms with van der Waals surface area (Å²) in [5, 5.41) is 0. The van der Waals surface area contributed by atoms with Crippen LogP contribution in [0.5, 0.6) is 0 Å². The summed E-state index contributed by atoms with van der Waals surface area (Å²) in [6.07, 6.45) is -20.9. The van der Waals surface area contributed by atoms with E-state index < -0.39 is 29.9 Å². The standard InChI is InChI=1S/C6H2F11/c1-2(4(9,10)11,5(12,13)14)3(7,8)6(15,16)17/h1H2. The van der Waals surface area contributed by atoms with Crippen LogP contribution < -0.4 is 0 Å². The molecule has 0 atom stereocenters. The zero-order chi connectivity index (χ0) is 14.5. The summed E-state index contributed by atoms with van der Waals surface area (Å²) in [5.74, 6) is -7.10. The highest BCUT2D eigenvalue weighted by Gasteiger charge is 2.86. The fourth-order valence-electron chi connectivity index (χ4n) is 0.759. The second-order valence-electron chi connectivity index (χ2n) is 2.97. The van der Waals surface area contributed by atoms with Gasteiger partial charge in [-0.1, -0.05) is 0 Å². The molecule has 11 heteroatoms. The third-order valence-corrected chi connectivity index (χ3v) is 1.86. The molecule has 0 aliphatic rings. The molecule has 0 amide bonds. The van der Waals surface area contributed by atoms with Gasteiger partial charge in [0, 0.05) is 0 Å². The lowest BCUT2D eigenvalue weighted by molar-refractivity contribution is -0.432. The van der Waals surface area contributed by atoms with Crippen LogP contribution in [0.25, 0.3) is 0 Å². The summed E-state index contributed by atoms with van der Waals surface area (Å²) in [6.45, 7) is 1.03. The molecule has 0 rings (SSSR count). The first kappa shape index (κ1) is 16.2. The van der Waals surface area contributed by atoms with E-state index in [0.29, 0.717) is 0 Å². The van der Waals surface area contributed by atoms with Gasteiger partial charge in [0.15, 0.2) is 0 Å². The molecule has 0 fully saturated rings. The second-order valence-corrected chi connectivity index (χ2v) is 2.97. The molecule has 0 unspecified atom stereocenters. The lowest BCUT2D eigenvalue weighted by Gasteiger charge is -2.40.